The molecular formula is C22H26N2O2. The Morgan fingerprint density at radius 2 is 1.96 bits per heavy atom. The summed E-state index contributed by atoms with van der Waals surface area (Å²) in [6.07, 6.45) is 10.5. The third-order valence-electron chi connectivity index (χ3n) is 5.12. The average Bonchev–Trinajstić information content (AvgIpc) is 2.64. The summed E-state index contributed by atoms with van der Waals surface area (Å²) in [4.78, 5) is 0. The first-order chi connectivity index (χ1) is 12.7. The number of hydrogen-bond donors (Lipinski definition) is 2. The Labute approximate surface area is 155 Å². The van der Waals surface area contributed by atoms with Crippen LogP contribution < -0.4 is 15.4 Å². The summed E-state index contributed by atoms with van der Waals surface area (Å²) in [5.74, 6) is 0.892. The highest BCUT2D eigenvalue weighted by Gasteiger charge is 2.48. The second kappa shape index (κ2) is 6.78. The minimum absolute atomic E-state index is 0.0719. The molecule has 4 rings (SSSR count). The number of ether oxygens (including phenoxy) is 2. The summed E-state index contributed by atoms with van der Waals surface area (Å²) in [6, 6.07) is 8.15. The van der Waals surface area contributed by atoms with Gasteiger partial charge in [-0.3, -0.25) is 5.32 Å². The van der Waals surface area contributed by atoms with Gasteiger partial charge in [-0.2, -0.15) is 0 Å². The summed E-state index contributed by atoms with van der Waals surface area (Å²) in [7, 11) is 0. The zero-order valence-corrected chi connectivity index (χ0v) is 15.6. The molecule has 136 valence electrons. The standard InChI is InChI=1S/C22H26N2O2/c1-4-23-18-11-10-17-14-22(21(24-5-2)25-20(17)13-18)15(3)12-16-8-6-7-9-19(16)26-22/h6-14,20-21,23-24H,4-5H2,1-3H3. The smallest absolute Gasteiger partial charge is 0.188 e. The van der Waals surface area contributed by atoms with E-state index in [0.29, 0.717) is 0 Å². The zero-order chi connectivity index (χ0) is 18.1. The van der Waals surface area contributed by atoms with Crippen molar-refractivity contribution >= 4 is 6.08 Å². The largest absolute Gasteiger partial charge is 0.474 e. The molecule has 3 aliphatic rings. The fourth-order valence-electron chi connectivity index (χ4n) is 3.83. The number of likely N-dealkylation sites (N-methyl/N-ethyl adjacent to an activating group) is 2. The molecule has 1 spiro atoms. The number of fused-ring (bicyclic) bond motifs is 2. The molecule has 0 radical (unpaired) electrons. The maximum atomic E-state index is 6.56. The van der Waals surface area contributed by atoms with E-state index < -0.39 is 5.60 Å². The molecule has 1 aromatic rings. The van der Waals surface area contributed by atoms with Crippen LogP contribution in [-0.4, -0.2) is 31.0 Å². The fraction of sp³-hybridized carbons (Fsp3) is 0.364. The predicted molar refractivity (Wildman–Crippen MR) is 105 cm³/mol. The highest BCUT2D eigenvalue weighted by atomic mass is 16.6. The molecule has 2 aliphatic heterocycles. The maximum absolute atomic E-state index is 6.56. The molecule has 0 aromatic heterocycles. The van der Waals surface area contributed by atoms with Gasteiger partial charge in [0.05, 0.1) is 0 Å². The van der Waals surface area contributed by atoms with Crippen LogP contribution in [0.3, 0.4) is 0 Å². The molecule has 2 heterocycles. The van der Waals surface area contributed by atoms with E-state index in [4.69, 9.17) is 9.47 Å². The van der Waals surface area contributed by atoms with Gasteiger partial charge in [0.15, 0.2) is 11.8 Å². The second-order valence-electron chi connectivity index (χ2n) is 6.88. The van der Waals surface area contributed by atoms with Gasteiger partial charge < -0.3 is 14.8 Å². The topological polar surface area (TPSA) is 42.5 Å². The van der Waals surface area contributed by atoms with Crippen molar-refractivity contribution in [2.24, 2.45) is 0 Å². The molecule has 2 N–H and O–H groups in total. The van der Waals surface area contributed by atoms with Gasteiger partial charge in [0.2, 0.25) is 0 Å². The molecule has 3 unspecified atom stereocenters. The molecule has 0 saturated heterocycles. The lowest BCUT2D eigenvalue weighted by atomic mass is 9.82. The Bertz CT molecular complexity index is 821. The van der Waals surface area contributed by atoms with Gasteiger partial charge in [-0.1, -0.05) is 31.2 Å². The molecule has 0 saturated carbocycles. The molecular weight excluding hydrogens is 324 g/mol. The Balaban J connectivity index is 1.76. The lowest BCUT2D eigenvalue weighted by molar-refractivity contribution is -0.0909. The first kappa shape index (κ1) is 17.1. The van der Waals surface area contributed by atoms with Crippen molar-refractivity contribution in [3.63, 3.8) is 0 Å². The molecule has 3 atom stereocenters. The van der Waals surface area contributed by atoms with Crippen molar-refractivity contribution in [1.29, 1.82) is 0 Å². The molecule has 4 nitrogen and oxygen atoms in total. The highest BCUT2D eigenvalue weighted by molar-refractivity contribution is 5.66. The molecule has 26 heavy (non-hydrogen) atoms. The van der Waals surface area contributed by atoms with E-state index >= 15 is 0 Å². The van der Waals surface area contributed by atoms with E-state index in [0.717, 1.165) is 41.2 Å². The van der Waals surface area contributed by atoms with Gasteiger partial charge >= 0.3 is 0 Å². The zero-order valence-electron chi connectivity index (χ0n) is 15.6. The van der Waals surface area contributed by atoms with Crippen molar-refractivity contribution in [1.82, 2.24) is 10.6 Å². The van der Waals surface area contributed by atoms with Crippen molar-refractivity contribution in [3.8, 4) is 5.75 Å². The first-order valence-electron chi connectivity index (χ1n) is 9.38. The van der Waals surface area contributed by atoms with Gasteiger partial charge in [0.1, 0.15) is 11.9 Å². The van der Waals surface area contributed by atoms with E-state index in [-0.39, 0.29) is 12.3 Å². The van der Waals surface area contributed by atoms with E-state index in [1.54, 1.807) is 0 Å². The van der Waals surface area contributed by atoms with Crippen molar-refractivity contribution in [2.45, 2.75) is 38.7 Å². The van der Waals surface area contributed by atoms with Crippen molar-refractivity contribution < 1.29 is 9.47 Å². The van der Waals surface area contributed by atoms with Crippen LogP contribution in [0.2, 0.25) is 0 Å². The number of nitrogens with one attached hydrogen (secondary N) is 2. The maximum Gasteiger partial charge on any atom is 0.188 e. The van der Waals surface area contributed by atoms with Gasteiger partial charge in [-0.25, -0.2) is 0 Å². The normalized spacial score (nSPS) is 29.1. The number of rotatable bonds is 4. The first-order valence-corrected chi connectivity index (χ1v) is 9.38. The number of benzene rings is 1. The lowest BCUT2D eigenvalue weighted by Gasteiger charge is -2.47. The van der Waals surface area contributed by atoms with Gasteiger partial charge in [0.25, 0.3) is 0 Å². The quantitative estimate of drug-likeness (QED) is 0.872. The molecule has 0 fully saturated rings. The van der Waals surface area contributed by atoms with Gasteiger partial charge in [-0.05, 0) is 61.9 Å². The molecule has 0 bridgehead atoms. The lowest BCUT2D eigenvalue weighted by Crippen LogP contribution is -2.60. The van der Waals surface area contributed by atoms with Crippen molar-refractivity contribution in [2.75, 3.05) is 13.1 Å². The minimum Gasteiger partial charge on any atom is -0.474 e. The number of hydrogen-bond acceptors (Lipinski definition) is 4. The van der Waals surface area contributed by atoms with E-state index in [1.807, 2.05) is 18.2 Å². The van der Waals surface area contributed by atoms with Crippen LogP contribution in [-0.2, 0) is 4.74 Å². The number of para-hydroxylation sites is 1. The average molecular weight is 350 g/mol. The summed E-state index contributed by atoms with van der Waals surface area (Å²) in [6.45, 7) is 8.00. The van der Waals surface area contributed by atoms with Crippen LogP contribution in [0.15, 0.2) is 65.4 Å². The summed E-state index contributed by atoms with van der Waals surface area (Å²) >= 11 is 0. The second-order valence-corrected chi connectivity index (χ2v) is 6.88. The Kier molecular flexibility index (Phi) is 4.47. The van der Waals surface area contributed by atoms with Crippen LogP contribution in [0.5, 0.6) is 5.75 Å². The Morgan fingerprint density at radius 3 is 2.77 bits per heavy atom. The molecule has 1 aromatic carbocycles. The molecule has 4 heteroatoms. The van der Waals surface area contributed by atoms with Crippen LogP contribution in [0.1, 0.15) is 26.3 Å². The fourth-order valence-corrected chi connectivity index (χ4v) is 3.83. The molecule has 0 amide bonds. The predicted octanol–water partition coefficient (Wildman–Crippen LogP) is 3.55. The SMILES string of the molecule is CCNC1=CC2OC(NCC)C3(C=C2C=C1)Oc1ccccc1C=C3C. The van der Waals surface area contributed by atoms with Crippen molar-refractivity contribution in [3.05, 3.63) is 71.0 Å². The van der Waals surface area contributed by atoms with Crippen LogP contribution >= 0.6 is 0 Å². The third-order valence-corrected chi connectivity index (χ3v) is 5.12. The number of allylic oxidation sites excluding steroid dienone is 1. The van der Waals surface area contributed by atoms with E-state index in [1.165, 1.54) is 0 Å². The summed E-state index contributed by atoms with van der Waals surface area (Å²) in [5, 5.41) is 6.84. The van der Waals surface area contributed by atoms with Crippen LogP contribution in [0.4, 0.5) is 0 Å². The van der Waals surface area contributed by atoms with Gasteiger partial charge in [0, 0.05) is 17.8 Å². The van der Waals surface area contributed by atoms with Crippen LogP contribution in [0.25, 0.3) is 6.08 Å². The highest BCUT2D eigenvalue weighted by Crippen LogP contribution is 2.43. The minimum atomic E-state index is -0.635. The molecule has 1 aliphatic carbocycles. The summed E-state index contributed by atoms with van der Waals surface area (Å²) < 4.78 is 13.0. The Morgan fingerprint density at radius 1 is 1.12 bits per heavy atom. The van der Waals surface area contributed by atoms with E-state index in [9.17, 15) is 0 Å². The monoisotopic (exact) mass is 350 g/mol. The van der Waals surface area contributed by atoms with Crippen LogP contribution in [0, 0.1) is 0 Å². The summed E-state index contributed by atoms with van der Waals surface area (Å²) in [5.41, 5.74) is 3.85. The Hall–Kier alpha value is -2.30. The van der Waals surface area contributed by atoms with E-state index in [2.05, 4.69) is 67.9 Å². The van der Waals surface area contributed by atoms with Gasteiger partial charge in [-0.15, -0.1) is 0 Å². The third kappa shape index (κ3) is 2.79.